The molecule has 0 aromatic heterocycles. The number of halogens is 1. The molecule has 2 aromatic rings. The molecule has 0 bridgehead atoms. The summed E-state index contributed by atoms with van der Waals surface area (Å²) in [5.74, 6) is 0. The SMILES string of the molecule is CC(=CCCN1CCCCC1)c1ccc(-c2ccc(Br)cc2)cc1. The van der Waals surface area contributed by atoms with Crippen LogP contribution in [0.25, 0.3) is 16.7 Å². The number of rotatable bonds is 5. The lowest BCUT2D eigenvalue weighted by Gasteiger charge is -2.25. The van der Waals surface area contributed by atoms with E-state index in [0.29, 0.717) is 0 Å². The number of piperidine rings is 1. The second-order valence-corrected chi connectivity index (χ2v) is 7.58. The third-order valence-corrected chi connectivity index (χ3v) is 5.39. The zero-order valence-corrected chi connectivity index (χ0v) is 16.1. The van der Waals surface area contributed by atoms with Gasteiger partial charge in [0, 0.05) is 11.0 Å². The minimum atomic E-state index is 1.12. The first-order valence-corrected chi connectivity index (χ1v) is 9.77. The van der Waals surface area contributed by atoms with Gasteiger partial charge < -0.3 is 4.90 Å². The van der Waals surface area contributed by atoms with Gasteiger partial charge in [-0.05, 0) is 73.7 Å². The summed E-state index contributed by atoms with van der Waals surface area (Å²) in [6, 6.07) is 17.4. The Hall–Kier alpha value is -1.38. The van der Waals surface area contributed by atoms with Crippen molar-refractivity contribution in [3.8, 4) is 11.1 Å². The van der Waals surface area contributed by atoms with E-state index in [2.05, 4.69) is 82.4 Å². The molecule has 0 atom stereocenters. The van der Waals surface area contributed by atoms with Gasteiger partial charge in [-0.2, -0.15) is 0 Å². The Bertz CT molecular complexity index is 664. The standard InChI is InChI=1S/C22H26BrN/c1-18(6-5-17-24-15-3-2-4-16-24)19-7-9-20(10-8-19)21-11-13-22(23)14-12-21/h6-14H,2-5,15-17H2,1H3. The number of hydrogen-bond acceptors (Lipinski definition) is 1. The van der Waals surface area contributed by atoms with E-state index in [1.165, 1.54) is 61.2 Å². The molecule has 126 valence electrons. The van der Waals surface area contributed by atoms with Crippen LogP contribution in [0.5, 0.6) is 0 Å². The molecular weight excluding hydrogens is 358 g/mol. The quantitative estimate of drug-likeness (QED) is 0.577. The van der Waals surface area contributed by atoms with E-state index in [1.54, 1.807) is 0 Å². The van der Waals surface area contributed by atoms with E-state index in [-0.39, 0.29) is 0 Å². The lowest BCUT2D eigenvalue weighted by molar-refractivity contribution is 0.233. The Morgan fingerprint density at radius 1 is 0.917 bits per heavy atom. The van der Waals surface area contributed by atoms with E-state index < -0.39 is 0 Å². The van der Waals surface area contributed by atoms with Crippen LogP contribution in [-0.4, -0.2) is 24.5 Å². The molecule has 1 fully saturated rings. The normalized spacial score (nSPS) is 16.3. The maximum Gasteiger partial charge on any atom is 0.0175 e. The van der Waals surface area contributed by atoms with Crippen LogP contribution in [0, 0.1) is 0 Å². The van der Waals surface area contributed by atoms with Gasteiger partial charge in [-0.15, -0.1) is 0 Å². The van der Waals surface area contributed by atoms with Gasteiger partial charge in [0.05, 0.1) is 0 Å². The fourth-order valence-corrected chi connectivity index (χ4v) is 3.60. The number of hydrogen-bond donors (Lipinski definition) is 0. The highest BCUT2D eigenvalue weighted by Gasteiger charge is 2.08. The first kappa shape index (κ1) is 17.4. The fourth-order valence-electron chi connectivity index (χ4n) is 3.33. The molecule has 0 spiro atoms. The average Bonchev–Trinajstić information content (AvgIpc) is 2.63. The summed E-state index contributed by atoms with van der Waals surface area (Å²) >= 11 is 3.49. The Balaban J connectivity index is 1.59. The Morgan fingerprint density at radius 3 is 2.12 bits per heavy atom. The summed E-state index contributed by atoms with van der Waals surface area (Å²) in [7, 11) is 0. The summed E-state index contributed by atoms with van der Waals surface area (Å²) in [6.45, 7) is 6.00. The molecule has 1 aliphatic heterocycles. The van der Waals surface area contributed by atoms with Crippen LogP contribution in [0.3, 0.4) is 0 Å². The van der Waals surface area contributed by atoms with E-state index in [0.717, 1.165) is 10.9 Å². The molecule has 1 nitrogen and oxygen atoms in total. The van der Waals surface area contributed by atoms with Gasteiger partial charge in [-0.1, -0.05) is 64.8 Å². The summed E-state index contributed by atoms with van der Waals surface area (Å²) < 4.78 is 1.12. The highest BCUT2D eigenvalue weighted by molar-refractivity contribution is 9.10. The lowest BCUT2D eigenvalue weighted by Crippen LogP contribution is -2.30. The van der Waals surface area contributed by atoms with Crippen molar-refractivity contribution < 1.29 is 0 Å². The molecule has 0 N–H and O–H groups in total. The van der Waals surface area contributed by atoms with Crippen molar-refractivity contribution in [1.82, 2.24) is 4.90 Å². The van der Waals surface area contributed by atoms with Crippen molar-refractivity contribution in [2.24, 2.45) is 0 Å². The van der Waals surface area contributed by atoms with Gasteiger partial charge >= 0.3 is 0 Å². The Labute approximate surface area is 154 Å². The smallest absolute Gasteiger partial charge is 0.0175 e. The predicted octanol–water partition coefficient (Wildman–Crippen LogP) is 6.40. The van der Waals surface area contributed by atoms with Crippen LogP contribution in [0.15, 0.2) is 59.1 Å². The predicted molar refractivity (Wildman–Crippen MR) is 108 cm³/mol. The molecule has 2 heteroatoms. The van der Waals surface area contributed by atoms with E-state index in [1.807, 2.05) is 0 Å². The number of benzene rings is 2. The van der Waals surface area contributed by atoms with E-state index in [9.17, 15) is 0 Å². The van der Waals surface area contributed by atoms with Crippen molar-refractivity contribution in [1.29, 1.82) is 0 Å². The molecule has 0 radical (unpaired) electrons. The maximum atomic E-state index is 3.49. The van der Waals surface area contributed by atoms with Crippen molar-refractivity contribution >= 4 is 21.5 Å². The van der Waals surface area contributed by atoms with Crippen molar-refractivity contribution in [3.05, 3.63) is 64.6 Å². The maximum absolute atomic E-state index is 3.49. The van der Waals surface area contributed by atoms with Crippen LogP contribution < -0.4 is 0 Å². The highest BCUT2D eigenvalue weighted by atomic mass is 79.9. The van der Waals surface area contributed by atoms with Crippen LogP contribution in [0.2, 0.25) is 0 Å². The summed E-state index contributed by atoms with van der Waals surface area (Å²) in [6.07, 6.45) is 7.71. The molecule has 0 unspecified atom stereocenters. The molecule has 1 saturated heterocycles. The second-order valence-electron chi connectivity index (χ2n) is 6.66. The molecule has 1 heterocycles. The molecule has 1 aliphatic rings. The number of nitrogens with zero attached hydrogens (tertiary/aromatic N) is 1. The molecule has 0 aliphatic carbocycles. The van der Waals surface area contributed by atoms with Gasteiger partial charge in [0.15, 0.2) is 0 Å². The van der Waals surface area contributed by atoms with E-state index in [4.69, 9.17) is 0 Å². The third-order valence-electron chi connectivity index (χ3n) is 4.86. The highest BCUT2D eigenvalue weighted by Crippen LogP contribution is 2.24. The van der Waals surface area contributed by atoms with Crippen LogP contribution in [-0.2, 0) is 0 Å². The molecule has 3 rings (SSSR count). The monoisotopic (exact) mass is 383 g/mol. The zero-order chi connectivity index (χ0) is 16.8. The van der Waals surface area contributed by atoms with Gasteiger partial charge in [-0.3, -0.25) is 0 Å². The van der Waals surface area contributed by atoms with Crippen molar-refractivity contribution in [2.45, 2.75) is 32.6 Å². The van der Waals surface area contributed by atoms with Crippen LogP contribution >= 0.6 is 15.9 Å². The lowest BCUT2D eigenvalue weighted by atomic mass is 10.0. The molecule has 0 saturated carbocycles. The van der Waals surface area contributed by atoms with Crippen molar-refractivity contribution in [2.75, 3.05) is 19.6 Å². The minimum Gasteiger partial charge on any atom is -0.303 e. The van der Waals surface area contributed by atoms with Crippen molar-refractivity contribution in [3.63, 3.8) is 0 Å². The molecule has 0 amide bonds. The first-order chi connectivity index (χ1) is 11.7. The Kier molecular flexibility index (Phi) is 6.28. The Morgan fingerprint density at radius 2 is 1.50 bits per heavy atom. The zero-order valence-electron chi connectivity index (χ0n) is 14.5. The minimum absolute atomic E-state index is 1.12. The van der Waals surface area contributed by atoms with Crippen LogP contribution in [0.1, 0.15) is 38.2 Å². The third kappa shape index (κ3) is 4.81. The molecular formula is C22H26BrN. The largest absolute Gasteiger partial charge is 0.303 e. The molecule has 24 heavy (non-hydrogen) atoms. The fraction of sp³-hybridized carbons (Fsp3) is 0.364. The first-order valence-electron chi connectivity index (χ1n) is 8.98. The topological polar surface area (TPSA) is 3.24 Å². The van der Waals surface area contributed by atoms with Gasteiger partial charge in [0.25, 0.3) is 0 Å². The molecule has 2 aromatic carbocycles. The van der Waals surface area contributed by atoms with Gasteiger partial charge in [-0.25, -0.2) is 0 Å². The number of likely N-dealkylation sites (tertiary alicyclic amines) is 1. The van der Waals surface area contributed by atoms with Crippen LogP contribution in [0.4, 0.5) is 0 Å². The number of allylic oxidation sites excluding steroid dienone is 1. The van der Waals surface area contributed by atoms with Gasteiger partial charge in [0.1, 0.15) is 0 Å². The summed E-state index contributed by atoms with van der Waals surface area (Å²) in [4.78, 5) is 2.60. The average molecular weight is 384 g/mol. The second kappa shape index (κ2) is 8.64. The van der Waals surface area contributed by atoms with Gasteiger partial charge in [0.2, 0.25) is 0 Å². The summed E-state index contributed by atoms with van der Waals surface area (Å²) in [5.41, 5.74) is 5.24. The van der Waals surface area contributed by atoms with E-state index >= 15 is 0 Å². The summed E-state index contributed by atoms with van der Waals surface area (Å²) in [5, 5.41) is 0.